The Bertz CT molecular complexity index is 1010. The number of carbonyl (C=O) groups is 1. The van der Waals surface area contributed by atoms with Gasteiger partial charge in [-0.05, 0) is 37.1 Å². The molecule has 37 heavy (non-hydrogen) atoms. The van der Waals surface area contributed by atoms with Crippen molar-refractivity contribution in [2.75, 3.05) is 6.54 Å². The number of nitrogens with zero attached hydrogens (tertiary/aromatic N) is 3. The normalized spacial score (nSPS) is 11.3. The molecule has 0 aliphatic carbocycles. The third-order valence-electron chi connectivity index (χ3n) is 7.26. The van der Waals surface area contributed by atoms with E-state index in [-0.39, 0.29) is 5.91 Å². The van der Waals surface area contributed by atoms with Gasteiger partial charge in [-0.2, -0.15) is 0 Å². The molecule has 2 heterocycles. The van der Waals surface area contributed by atoms with Gasteiger partial charge in [0.1, 0.15) is 5.82 Å². The van der Waals surface area contributed by atoms with E-state index < -0.39 is 0 Å². The van der Waals surface area contributed by atoms with Gasteiger partial charge >= 0.3 is 0 Å². The van der Waals surface area contributed by atoms with Gasteiger partial charge in [-0.1, -0.05) is 103 Å². The first-order valence-corrected chi connectivity index (χ1v) is 14.9. The van der Waals surface area contributed by atoms with Crippen LogP contribution in [0.5, 0.6) is 0 Å². The molecule has 1 aromatic carbocycles. The molecule has 3 rings (SSSR count). The van der Waals surface area contributed by atoms with Gasteiger partial charge in [0.25, 0.3) is 5.91 Å². The third-order valence-corrected chi connectivity index (χ3v) is 7.26. The number of benzene rings is 1. The SMILES string of the molecule is CCCCCCCCCCCCCCCCn1c(CCCNC(=O)c2cccnc2)nc2ccccc21. The maximum Gasteiger partial charge on any atom is 0.252 e. The minimum Gasteiger partial charge on any atom is -0.352 e. The molecule has 0 spiro atoms. The maximum absolute atomic E-state index is 12.3. The van der Waals surface area contributed by atoms with Crippen LogP contribution in [0, 0.1) is 0 Å². The molecule has 5 nitrogen and oxygen atoms in total. The lowest BCUT2D eigenvalue weighted by Crippen LogP contribution is -2.25. The zero-order chi connectivity index (χ0) is 26.0. The molecule has 0 bridgehead atoms. The highest BCUT2D eigenvalue weighted by atomic mass is 16.1. The number of para-hydroxylation sites is 2. The maximum atomic E-state index is 12.3. The first-order chi connectivity index (χ1) is 18.3. The van der Waals surface area contributed by atoms with E-state index in [0.29, 0.717) is 12.1 Å². The number of aromatic nitrogens is 3. The lowest BCUT2D eigenvalue weighted by Gasteiger charge is -2.10. The van der Waals surface area contributed by atoms with E-state index in [1.165, 1.54) is 95.4 Å². The van der Waals surface area contributed by atoms with Gasteiger partial charge in [0.2, 0.25) is 0 Å². The topological polar surface area (TPSA) is 59.8 Å². The van der Waals surface area contributed by atoms with Crippen molar-refractivity contribution < 1.29 is 4.79 Å². The number of carbonyl (C=O) groups excluding carboxylic acids is 1. The Morgan fingerprint density at radius 1 is 0.784 bits per heavy atom. The number of nitrogens with one attached hydrogen (secondary N) is 1. The molecule has 0 atom stereocenters. The van der Waals surface area contributed by atoms with Crippen LogP contribution in [0.2, 0.25) is 0 Å². The van der Waals surface area contributed by atoms with Gasteiger partial charge in [-0.25, -0.2) is 4.98 Å². The predicted octanol–water partition coefficient (Wildman–Crippen LogP) is 8.28. The van der Waals surface area contributed by atoms with Crippen LogP contribution in [-0.2, 0) is 13.0 Å². The van der Waals surface area contributed by atoms with Crippen LogP contribution in [-0.4, -0.2) is 27.0 Å². The van der Waals surface area contributed by atoms with Gasteiger partial charge in [0.05, 0.1) is 16.6 Å². The summed E-state index contributed by atoms with van der Waals surface area (Å²) < 4.78 is 2.40. The van der Waals surface area contributed by atoms with Gasteiger partial charge in [-0.3, -0.25) is 9.78 Å². The summed E-state index contributed by atoms with van der Waals surface area (Å²) >= 11 is 0. The van der Waals surface area contributed by atoms with Gasteiger partial charge in [-0.15, -0.1) is 0 Å². The average molecular weight is 505 g/mol. The van der Waals surface area contributed by atoms with E-state index in [1.54, 1.807) is 24.5 Å². The van der Waals surface area contributed by atoms with Crippen LogP contribution in [0.1, 0.15) is 119 Å². The van der Waals surface area contributed by atoms with Crippen molar-refractivity contribution in [2.24, 2.45) is 0 Å². The second-order valence-electron chi connectivity index (χ2n) is 10.4. The fraction of sp³-hybridized carbons (Fsp3) is 0.594. The third kappa shape index (κ3) is 10.7. The lowest BCUT2D eigenvalue weighted by atomic mass is 10.0. The van der Waals surface area contributed by atoms with Crippen LogP contribution in [0.25, 0.3) is 11.0 Å². The number of fused-ring (bicyclic) bond motifs is 1. The molecular weight excluding hydrogens is 456 g/mol. The standard InChI is InChI=1S/C32H48N4O/c1-2-3-4-5-6-7-8-9-10-11-12-13-14-17-26-36-30-22-16-15-21-29(30)35-31(36)23-19-25-34-32(37)28-20-18-24-33-27-28/h15-16,18,20-22,24,27H,2-14,17,19,23,25-26H2,1H3,(H,34,37). The first kappa shape index (κ1) is 28.9. The molecule has 202 valence electrons. The number of imidazole rings is 1. The summed E-state index contributed by atoms with van der Waals surface area (Å²) in [5.41, 5.74) is 2.90. The molecule has 0 saturated carbocycles. The quantitative estimate of drug-likeness (QED) is 0.157. The van der Waals surface area contributed by atoms with E-state index in [4.69, 9.17) is 4.98 Å². The summed E-state index contributed by atoms with van der Waals surface area (Å²) in [6.45, 7) is 3.94. The van der Waals surface area contributed by atoms with Crippen molar-refractivity contribution >= 4 is 16.9 Å². The number of rotatable bonds is 20. The Balaban J connectivity index is 1.31. The Labute approximate surface area is 224 Å². The van der Waals surface area contributed by atoms with Crippen molar-refractivity contribution in [2.45, 2.75) is 116 Å². The average Bonchev–Trinajstić information content (AvgIpc) is 3.29. The minimum absolute atomic E-state index is 0.0657. The van der Waals surface area contributed by atoms with Crippen LogP contribution >= 0.6 is 0 Å². The lowest BCUT2D eigenvalue weighted by molar-refractivity contribution is 0.0952. The summed E-state index contributed by atoms with van der Waals surface area (Å²) in [4.78, 5) is 21.2. The zero-order valence-corrected chi connectivity index (χ0v) is 23.1. The number of hydrogen-bond donors (Lipinski definition) is 1. The van der Waals surface area contributed by atoms with Crippen LogP contribution in [0.4, 0.5) is 0 Å². The Hall–Kier alpha value is -2.69. The van der Waals surface area contributed by atoms with Gasteiger partial charge in [0.15, 0.2) is 0 Å². The molecule has 0 aliphatic heterocycles. The fourth-order valence-corrected chi connectivity index (χ4v) is 5.08. The van der Waals surface area contributed by atoms with Crippen molar-refractivity contribution in [3.05, 3.63) is 60.2 Å². The van der Waals surface area contributed by atoms with Crippen molar-refractivity contribution in [1.29, 1.82) is 0 Å². The largest absolute Gasteiger partial charge is 0.352 e. The monoisotopic (exact) mass is 504 g/mol. The van der Waals surface area contributed by atoms with Gasteiger partial charge < -0.3 is 9.88 Å². The van der Waals surface area contributed by atoms with Crippen LogP contribution in [0.3, 0.4) is 0 Å². The smallest absolute Gasteiger partial charge is 0.252 e. The highest BCUT2D eigenvalue weighted by Crippen LogP contribution is 2.19. The number of unbranched alkanes of at least 4 members (excludes halogenated alkanes) is 13. The summed E-state index contributed by atoms with van der Waals surface area (Å²) in [6.07, 6.45) is 24.3. The molecule has 2 aromatic heterocycles. The number of pyridine rings is 1. The highest BCUT2D eigenvalue weighted by molar-refractivity contribution is 5.93. The summed E-state index contributed by atoms with van der Waals surface area (Å²) in [5.74, 6) is 1.07. The molecule has 0 radical (unpaired) electrons. The molecule has 0 aliphatic rings. The summed E-state index contributed by atoms with van der Waals surface area (Å²) in [6, 6.07) is 12.0. The number of amides is 1. The Morgan fingerprint density at radius 3 is 2.08 bits per heavy atom. The number of aryl methyl sites for hydroxylation is 2. The molecule has 5 heteroatoms. The minimum atomic E-state index is -0.0657. The number of hydrogen-bond acceptors (Lipinski definition) is 3. The van der Waals surface area contributed by atoms with Crippen molar-refractivity contribution in [3.8, 4) is 0 Å². The molecule has 0 saturated heterocycles. The predicted molar refractivity (Wildman–Crippen MR) is 155 cm³/mol. The second-order valence-corrected chi connectivity index (χ2v) is 10.4. The molecular formula is C32H48N4O. The van der Waals surface area contributed by atoms with E-state index in [9.17, 15) is 4.79 Å². The summed E-state index contributed by atoms with van der Waals surface area (Å²) in [7, 11) is 0. The van der Waals surface area contributed by atoms with E-state index in [2.05, 4.69) is 46.1 Å². The highest BCUT2D eigenvalue weighted by Gasteiger charge is 2.11. The molecule has 0 fully saturated rings. The summed E-state index contributed by atoms with van der Waals surface area (Å²) in [5, 5.41) is 3.00. The molecule has 3 aromatic rings. The fourth-order valence-electron chi connectivity index (χ4n) is 5.08. The molecule has 1 N–H and O–H groups in total. The van der Waals surface area contributed by atoms with Crippen LogP contribution < -0.4 is 5.32 Å². The van der Waals surface area contributed by atoms with Crippen LogP contribution in [0.15, 0.2) is 48.8 Å². The zero-order valence-electron chi connectivity index (χ0n) is 23.1. The molecule has 0 unspecified atom stereocenters. The van der Waals surface area contributed by atoms with E-state index >= 15 is 0 Å². The Morgan fingerprint density at radius 2 is 1.43 bits per heavy atom. The van der Waals surface area contributed by atoms with E-state index in [1.807, 2.05) is 0 Å². The Kier molecular flexibility index (Phi) is 13.8. The second kappa shape index (κ2) is 17.7. The first-order valence-electron chi connectivity index (χ1n) is 14.9. The molecule has 1 amide bonds. The van der Waals surface area contributed by atoms with Gasteiger partial charge in [0, 0.05) is 31.9 Å². The van der Waals surface area contributed by atoms with Crippen molar-refractivity contribution in [1.82, 2.24) is 19.9 Å². The van der Waals surface area contributed by atoms with E-state index in [0.717, 1.165) is 30.7 Å². The van der Waals surface area contributed by atoms with Crippen molar-refractivity contribution in [3.63, 3.8) is 0 Å².